The highest BCUT2D eigenvalue weighted by Crippen LogP contribution is 2.32. The van der Waals surface area contributed by atoms with E-state index in [0.29, 0.717) is 42.3 Å². The Labute approximate surface area is 304 Å². The SMILES string of the molecule is O=C(COc1cccc(C(O)(C(=O)O)c2ccccc2)c1)NC1CC(NC(=O)c2ccc(CCNCC(O)c3ccc(O)c4[nH]c(=O)ccc34)cc2)C1. The number of aliphatic hydroxyl groups is 2. The van der Waals surface area contributed by atoms with Crippen LogP contribution in [0.4, 0.5) is 0 Å². The number of hydrogen-bond acceptors (Lipinski definition) is 9. The third-order valence-electron chi connectivity index (χ3n) is 9.37. The Balaban J connectivity index is 0.899. The zero-order valence-corrected chi connectivity index (χ0v) is 28.6. The number of carbonyl (C=O) groups excluding carboxylic acids is 2. The number of fused-ring (bicyclic) bond motifs is 1. The number of aromatic amines is 1. The fraction of sp³-hybridized carbons (Fsp3) is 0.250. The molecule has 0 radical (unpaired) electrons. The predicted molar refractivity (Wildman–Crippen MR) is 196 cm³/mol. The van der Waals surface area contributed by atoms with E-state index in [-0.39, 0.29) is 70.8 Å². The molecule has 13 nitrogen and oxygen atoms in total. The second-order valence-corrected chi connectivity index (χ2v) is 13.1. The van der Waals surface area contributed by atoms with Gasteiger partial charge >= 0.3 is 5.97 Å². The number of phenolic OH excluding ortho intramolecular Hbond substituents is 1. The van der Waals surface area contributed by atoms with Crippen molar-refractivity contribution >= 4 is 28.7 Å². The normalized spacial score (nSPS) is 16.9. The molecule has 0 bridgehead atoms. The van der Waals surface area contributed by atoms with Gasteiger partial charge in [0.1, 0.15) is 11.5 Å². The van der Waals surface area contributed by atoms with Gasteiger partial charge in [-0.05, 0) is 78.9 Å². The maximum atomic E-state index is 12.8. The van der Waals surface area contributed by atoms with E-state index in [2.05, 4.69) is 20.9 Å². The second kappa shape index (κ2) is 16.1. The van der Waals surface area contributed by atoms with Crippen LogP contribution in [0, 0.1) is 0 Å². The van der Waals surface area contributed by atoms with Crippen molar-refractivity contribution in [3.8, 4) is 11.5 Å². The summed E-state index contributed by atoms with van der Waals surface area (Å²) >= 11 is 0. The van der Waals surface area contributed by atoms with Crippen LogP contribution < -0.4 is 26.2 Å². The molecule has 1 aliphatic carbocycles. The highest BCUT2D eigenvalue weighted by Gasteiger charge is 2.40. The lowest BCUT2D eigenvalue weighted by atomic mass is 9.86. The number of amides is 2. The number of aliphatic carboxylic acids is 1. The summed E-state index contributed by atoms with van der Waals surface area (Å²) in [7, 11) is 0. The molecule has 5 aromatic rings. The topological polar surface area (TPSA) is 210 Å². The van der Waals surface area contributed by atoms with E-state index in [0.717, 1.165) is 5.56 Å². The van der Waals surface area contributed by atoms with Gasteiger partial charge in [0.2, 0.25) is 11.2 Å². The number of H-pyrrole nitrogens is 1. The first kappa shape index (κ1) is 36.8. The molecule has 0 saturated heterocycles. The number of phenols is 1. The third kappa shape index (κ3) is 8.55. The molecule has 2 amide bonds. The van der Waals surface area contributed by atoms with Gasteiger partial charge < -0.3 is 46.1 Å². The first-order valence-corrected chi connectivity index (χ1v) is 17.2. The van der Waals surface area contributed by atoms with E-state index in [1.807, 2.05) is 12.1 Å². The third-order valence-corrected chi connectivity index (χ3v) is 9.37. The number of ether oxygens (including phenoxy) is 1. The summed E-state index contributed by atoms with van der Waals surface area (Å²) in [5.41, 5.74) is 0.0299. The molecule has 8 N–H and O–H groups in total. The number of aromatic hydroxyl groups is 1. The molecule has 6 rings (SSSR count). The highest BCUT2D eigenvalue weighted by atomic mass is 16.5. The van der Waals surface area contributed by atoms with E-state index in [1.165, 1.54) is 36.4 Å². The molecule has 13 heteroatoms. The van der Waals surface area contributed by atoms with E-state index < -0.39 is 17.7 Å². The molecule has 1 saturated carbocycles. The number of carboxylic acid groups (broad SMARTS) is 1. The molecule has 2 unspecified atom stereocenters. The summed E-state index contributed by atoms with van der Waals surface area (Å²) in [5.74, 6) is -1.86. The first-order valence-electron chi connectivity index (χ1n) is 17.2. The summed E-state index contributed by atoms with van der Waals surface area (Å²) in [6.07, 6.45) is 0.920. The van der Waals surface area contributed by atoms with Crippen LogP contribution in [0.5, 0.6) is 11.5 Å². The van der Waals surface area contributed by atoms with Crippen LogP contribution in [0.3, 0.4) is 0 Å². The fourth-order valence-corrected chi connectivity index (χ4v) is 6.40. The molecular formula is C40H40N4O9. The summed E-state index contributed by atoms with van der Waals surface area (Å²) in [5, 5.41) is 51.4. The Kier molecular flexibility index (Phi) is 11.2. The zero-order chi connectivity index (χ0) is 37.5. The summed E-state index contributed by atoms with van der Waals surface area (Å²) < 4.78 is 5.61. The number of rotatable bonds is 15. The molecule has 1 heterocycles. The van der Waals surface area contributed by atoms with Crippen LogP contribution in [0.15, 0.2) is 108 Å². The van der Waals surface area contributed by atoms with Crippen molar-refractivity contribution in [1.82, 2.24) is 20.9 Å². The quantitative estimate of drug-likeness (QED) is 0.0742. The largest absolute Gasteiger partial charge is 0.506 e. The van der Waals surface area contributed by atoms with Crippen molar-refractivity contribution < 1.29 is 39.5 Å². The van der Waals surface area contributed by atoms with Crippen LogP contribution in [0.1, 0.15) is 51.6 Å². The maximum absolute atomic E-state index is 12.8. The minimum absolute atomic E-state index is 0.0656. The molecule has 2 atom stereocenters. The second-order valence-electron chi connectivity index (χ2n) is 13.1. The van der Waals surface area contributed by atoms with Crippen molar-refractivity contribution in [2.24, 2.45) is 0 Å². The van der Waals surface area contributed by atoms with Crippen LogP contribution in [-0.2, 0) is 21.6 Å². The Morgan fingerprint density at radius 3 is 2.32 bits per heavy atom. The van der Waals surface area contributed by atoms with Crippen molar-refractivity contribution in [1.29, 1.82) is 0 Å². The standard InChI is InChI=1S/C40H40N4O9/c45-33-15-13-31(32-14-16-35(47)44-37(32)33)34(46)22-41-18-17-24-9-11-25(12-10-24)38(49)43-29-20-28(21-29)42-36(48)23-53-30-8-4-7-27(19-30)40(52,39(50)51)26-5-2-1-3-6-26/h1-16,19,28-29,34,41,45-46,52H,17-18,20-23H2,(H,42,48)(H,43,49)(H,44,47)(H,50,51). The molecule has 274 valence electrons. The average molecular weight is 721 g/mol. The van der Waals surface area contributed by atoms with Gasteiger partial charge in [0.05, 0.1) is 11.6 Å². The number of carboxylic acids is 1. The number of carbonyl (C=O) groups is 3. The number of aliphatic hydroxyl groups excluding tert-OH is 1. The molecule has 0 aliphatic heterocycles. The van der Waals surface area contributed by atoms with Gasteiger partial charge in [0.15, 0.2) is 6.61 Å². The first-order chi connectivity index (χ1) is 25.5. The predicted octanol–water partition coefficient (Wildman–Crippen LogP) is 2.88. The highest BCUT2D eigenvalue weighted by molar-refractivity contribution is 5.94. The monoisotopic (exact) mass is 720 g/mol. The number of hydrogen-bond donors (Lipinski definition) is 8. The molecule has 4 aromatic carbocycles. The smallest absolute Gasteiger partial charge is 0.345 e. The average Bonchev–Trinajstić information content (AvgIpc) is 3.15. The lowest BCUT2D eigenvalue weighted by molar-refractivity contribution is -0.155. The van der Waals surface area contributed by atoms with Crippen LogP contribution in [-0.4, -0.2) is 75.0 Å². The Bertz CT molecular complexity index is 2150. The van der Waals surface area contributed by atoms with Gasteiger partial charge in [-0.3, -0.25) is 14.4 Å². The van der Waals surface area contributed by atoms with Gasteiger partial charge in [0.25, 0.3) is 11.8 Å². The molecule has 0 spiro atoms. The van der Waals surface area contributed by atoms with E-state index in [4.69, 9.17) is 4.74 Å². The van der Waals surface area contributed by atoms with Crippen molar-refractivity contribution in [2.45, 2.75) is 43.1 Å². The number of benzene rings is 4. The van der Waals surface area contributed by atoms with Crippen molar-refractivity contribution in [2.75, 3.05) is 19.7 Å². The Hall–Kier alpha value is -6.02. The molecular weight excluding hydrogens is 680 g/mol. The van der Waals surface area contributed by atoms with Crippen LogP contribution in [0.25, 0.3) is 10.9 Å². The molecule has 1 aliphatic rings. The fourth-order valence-electron chi connectivity index (χ4n) is 6.40. The number of aromatic nitrogens is 1. The molecule has 53 heavy (non-hydrogen) atoms. The minimum Gasteiger partial charge on any atom is -0.506 e. The van der Waals surface area contributed by atoms with Gasteiger partial charge in [0, 0.05) is 41.2 Å². The van der Waals surface area contributed by atoms with E-state index in [9.17, 15) is 39.6 Å². The van der Waals surface area contributed by atoms with Gasteiger partial charge in [-0.1, -0.05) is 60.7 Å². The minimum atomic E-state index is -2.29. The van der Waals surface area contributed by atoms with Gasteiger partial charge in [-0.25, -0.2) is 4.79 Å². The van der Waals surface area contributed by atoms with Crippen molar-refractivity contribution in [3.05, 3.63) is 141 Å². The summed E-state index contributed by atoms with van der Waals surface area (Å²) in [4.78, 5) is 51.7. The lowest BCUT2D eigenvalue weighted by Crippen LogP contribution is -2.54. The van der Waals surface area contributed by atoms with Crippen LogP contribution in [0.2, 0.25) is 0 Å². The lowest BCUT2D eigenvalue weighted by Gasteiger charge is -2.36. The van der Waals surface area contributed by atoms with Crippen molar-refractivity contribution in [3.63, 3.8) is 0 Å². The zero-order valence-electron chi connectivity index (χ0n) is 28.6. The van der Waals surface area contributed by atoms with Crippen LogP contribution >= 0.6 is 0 Å². The number of pyridine rings is 1. The van der Waals surface area contributed by atoms with E-state index >= 15 is 0 Å². The van der Waals surface area contributed by atoms with Gasteiger partial charge in [-0.2, -0.15) is 0 Å². The maximum Gasteiger partial charge on any atom is 0.345 e. The molecule has 1 fully saturated rings. The Morgan fingerprint density at radius 1 is 0.868 bits per heavy atom. The molecule has 1 aromatic heterocycles. The number of nitrogens with one attached hydrogen (secondary N) is 4. The van der Waals surface area contributed by atoms with E-state index in [1.54, 1.807) is 54.6 Å². The Morgan fingerprint density at radius 2 is 1.58 bits per heavy atom. The van der Waals surface area contributed by atoms with Gasteiger partial charge in [-0.15, -0.1) is 0 Å². The summed E-state index contributed by atoms with van der Waals surface area (Å²) in [6, 6.07) is 27.0. The summed E-state index contributed by atoms with van der Waals surface area (Å²) in [6.45, 7) is 0.525.